The molecule has 2 aromatic heterocycles. The van der Waals surface area contributed by atoms with Gasteiger partial charge in [-0.1, -0.05) is 19.1 Å². The summed E-state index contributed by atoms with van der Waals surface area (Å²) in [5.41, 5.74) is 3.22. The van der Waals surface area contributed by atoms with E-state index in [0.29, 0.717) is 0 Å². The number of aryl methyl sites for hydroxylation is 1. The lowest BCUT2D eigenvalue weighted by Gasteiger charge is -2.17. The van der Waals surface area contributed by atoms with Crippen molar-refractivity contribution in [1.82, 2.24) is 25.5 Å². The first-order valence-corrected chi connectivity index (χ1v) is 7.24. The van der Waals surface area contributed by atoms with Crippen LogP contribution >= 0.6 is 0 Å². The minimum absolute atomic E-state index is 0.0261. The third-order valence-electron chi connectivity index (χ3n) is 3.49. The highest BCUT2D eigenvalue weighted by atomic mass is 15.2. The van der Waals surface area contributed by atoms with Gasteiger partial charge in [0.2, 0.25) is 0 Å². The fourth-order valence-electron chi connectivity index (χ4n) is 2.44. The summed E-state index contributed by atoms with van der Waals surface area (Å²) in [4.78, 5) is 8.84. The van der Waals surface area contributed by atoms with E-state index in [2.05, 4.69) is 56.7 Å². The van der Waals surface area contributed by atoms with Crippen molar-refractivity contribution in [2.24, 2.45) is 0 Å². The first-order valence-electron chi connectivity index (χ1n) is 7.24. The van der Waals surface area contributed by atoms with Crippen molar-refractivity contribution in [3.8, 4) is 0 Å². The Hall–Kier alpha value is -2.27. The number of aromatic nitrogens is 4. The third kappa shape index (κ3) is 2.92. The molecule has 1 atom stereocenters. The van der Waals surface area contributed by atoms with E-state index in [1.54, 1.807) is 6.33 Å². The normalized spacial score (nSPS) is 12.7. The molecule has 0 amide bonds. The molecule has 0 aliphatic heterocycles. The van der Waals surface area contributed by atoms with Crippen LogP contribution in [0.3, 0.4) is 0 Å². The maximum Gasteiger partial charge on any atom is 0.145 e. The molecule has 3 aromatic rings. The van der Waals surface area contributed by atoms with Crippen molar-refractivity contribution in [2.75, 3.05) is 6.54 Å². The van der Waals surface area contributed by atoms with Gasteiger partial charge >= 0.3 is 0 Å². The zero-order valence-electron chi connectivity index (χ0n) is 12.3. The highest BCUT2D eigenvalue weighted by Gasteiger charge is 2.16. The highest BCUT2D eigenvalue weighted by Crippen LogP contribution is 2.23. The van der Waals surface area contributed by atoms with Gasteiger partial charge in [0.15, 0.2) is 0 Å². The van der Waals surface area contributed by atoms with Gasteiger partial charge in [-0.3, -0.25) is 10.1 Å². The number of nitrogens with zero attached hydrogens (tertiary/aromatic N) is 3. The minimum Gasteiger partial charge on any atom is -0.304 e. The SMILES string of the molecule is CCCNC(c1ccc2nc(C)ccc2c1)c1ncn[nH]1. The van der Waals surface area contributed by atoms with Crippen LogP contribution in [0.5, 0.6) is 0 Å². The summed E-state index contributed by atoms with van der Waals surface area (Å²) >= 11 is 0. The van der Waals surface area contributed by atoms with E-state index in [4.69, 9.17) is 0 Å². The molecule has 0 saturated heterocycles. The summed E-state index contributed by atoms with van der Waals surface area (Å²) in [5.74, 6) is 0.836. The van der Waals surface area contributed by atoms with Gasteiger partial charge < -0.3 is 5.32 Å². The van der Waals surface area contributed by atoms with Gasteiger partial charge in [0.25, 0.3) is 0 Å². The van der Waals surface area contributed by atoms with E-state index in [0.717, 1.165) is 35.4 Å². The van der Waals surface area contributed by atoms with Crippen molar-refractivity contribution in [1.29, 1.82) is 0 Å². The molecule has 5 heteroatoms. The predicted molar refractivity (Wildman–Crippen MR) is 83.0 cm³/mol. The number of fused-ring (bicyclic) bond motifs is 1. The summed E-state index contributed by atoms with van der Waals surface area (Å²) in [6, 6.07) is 10.5. The average molecular weight is 281 g/mol. The van der Waals surface area contributed by atoms with E-state index >= 15 is 0 Å². The number of nitrogens with one attached hydrogen (secondary N) is 2. The molecular formula is C16H19N5. The molecule has 0 aliphatic carbocycles. The summed E-state index contributed by atoms with van der Waals surface area (Å²) in [6.07, 6.45) is 2.61. The lowest BCUT2D eigenvalue weighted by Crippen LogP contribution is -2.24. The van der Waals surface area contributed by atoms with Crippen molar-refractivity contribution < 1.29 is 0 Å². The summed E-state index contributed by atoms with van der Waals surface area (Å²) in [7, 11) is 0. The van der Waals surface area contributed by atoms with Crippen LogP contribution in [-0.2, 0) is 0 Å². The topological polar surface area (TPSA) is 66.5 Å². The van der Waals surface area contributed by atoms with Crippen molar-refractivity contribution in [2.45, 2.75) is 26.3 Å². The van der Waals surface area contributed by atoms with Gasteiger partial charge in [0, 0.05) is 11.1 Å². The maximum absolute atomic E-state index is 4.54. The summed E-state index contributed by atoms with van der Waals surface area (Å²) in [6.45, 7) is 5.08. The Morgan fingerprint density at radius 1 is 1.24 bits per heavy atom. The standard InChI is InChI=1S/C16H19N5/c1-3-8-17-15(16-18-10-19-21-16)13-6-7-14-12(9-13)5-4-11(2)20-14/h4-7,9-10,15,17H,3,8H2,1-2H3,(H,18,19,21). The number of hydrogen-bond donors (Lipinski definition) is 2. The molecule has 2 N–H and O–H groups in total. The average Bonchev–Trinajstić information content (AvgIpc) is 3.02. The van der Waals surface area contributed by atoms with Gasteiger partial charge in [-0.15, -0.1) is 0 Å². The van der Waals surface area contributed by atoms with Crippen LogP contribution in [0.4, 0.5) is 0 Å². The molecule has 5 nitrogen and oxygen atoms in total. The summed E-state index contributed by atoms with van der Waals surface area (Å²) < 4.78 is 0. The van der Waals surface area contributed by atoms with Crippen LogP contribution in [0.2, 0.25) is 0 Å². The maximum atomic E-state index is 4.54. The van der Waals surface area contributed by atoms with Crippen LogP contribution in [0.15, 0.2) is 36.7 Å². The quantitative estimate of drug-likeness (QED) is 0.754. The molecule has 0 fully saturated rings. The smallest absolute Gasteiger partial charge is 0.145 e. The Labute approximate surface area is 123 Å². The second kappa shape index (κ2) is 6.01. The Bertz CT molecular complexity index is 721. The Morgan fingerprint density at radius 3 is 2.90 bits per heavy atom. The molecule has 3 rings (SSSR count). The minimum atomic E-state index is 0.0261. The largest absolute Gasteiger partial charge is 0.304 e. The zero-order chi connectivity index (χ0) is 14.7. The molecule has 0 bridgehead atoms. The first-order chi connectivity index (χ1) is 10.3. The van der Waals surface area contributed by atoms with Crippen molar-refractivity contribution >= 4 is 10.9 Å². The van der Waals surface area contributed by atoms with E-state index in [1.165, 1.54) is 5.56 Å². The fourth-order valence-corrected chi connectivity index (χ4v) is 2.44. The Kier molecular flexibility index (Phi) is 3.92. The third-order valence-corrected chi connectivity index (χ3v) is 3.49. The van der Waals surface area contributed by atoms with Crippen LogP contribution in [-0.4, -0.2) is 26.7 Å². The molecule has 0 spiro atoms. The van der Waals surface area contributed by atoms with Crippen LogP contribution in [0.1, 0.15) is 36.5 Å². The number of H-pyrrole nitrogens is 1. The predicted octanol–water partition coefficient (Wildman–Crippen LogP) is 2.75. The number of pyridine rings is 1. The number of benzene rings is 1. The molecule has 108 valence electrons. The Balaban J connectivity index is 2.00. The van der Waals surface area contributed by atoms with E-state index in [9.17, 15) is 0 Å². The second-order valence-electron chi connectivity index (χ2n) is 5.16. The van der Waals surface area contributed by atoms with Crippen LogP contribution in [0, 0.1) is 6.92 Å². The lowest BCUT2D eigenvalue weighted by atomic mass is 10.0. The molecule has 1 aromatic carbocycles. The van der Waals surface area contributed by atoms with Crippen LogP contribution in [0.25, 0.3) is 10.9 Å². The monoisotopic (exact) mass is 281 g/mol. The van der Waals surface area contributed by atoms with E-state index < -0.39 is 0 Å². The van der Waals surface area contributed by atoms with E-state index in [1.807, 2.05) is 13.0 Å². The Morgan fingerprint density at radius 2 is 2.14 bits per heavy atom. The summed E-state index contributed by atoms with van der Waals surface area (Å²) in [5, 5.41) is 11.6. The molecule has 0 aliphatic rings. The zero-order valence-corrected chi connectivity index (χ0v) is 12.3. The van der Waals surface area contributed by atoms with Gasteiger partial charge in [-0.05, 0) is 43.7 Å². The molecular weight excluding hydrogens is 262 g/mol. The highest BCUT2D eigenvalue weighted by molar-refractivity contribution is 5.79. The molecule has 1 unspecified atom stereocenters. The number of aromatic amines is 1. The first kappa shape index (κ1) is 13.7. The van der Waals surface area contributed by atoms with Crippen LogP contribution < -0.4 is 5.32 Å². The van der Waals surface area contributed by atoms with E-state index in [-0.39, 0.29) is 6.04 Å². The second-order valence-corrected chi connectivity index (χ2v) is 5.16. The molecule has 0 saturated carbocycles. The van der Waals surface area contributed by atoms with Gasteiger partial charge in [-0.2, -0.15) is 5.10 Å². The van der Waals surface area contributed by atoms with Gasteiger partial charge in [-0.25, -0.2) is 4.98 Å². The lowest BCUT2D eigenvalue weighted by molar-refractivity contribution is 0.574. The fraction of sp³-hybridized carbons (Fsp3) is 0.312. The molecule has 21 heavy (non-hydrogen) atoms. The van der Waals surface area contributed by atoms with Gasteiger partial charge in [0.05, 0.1) is 11.6 Å². The number of hydrogen-bond acceptors (Lipinski definition) is 4. The van der Waals surface area contributed by atoms with Crippen molar-refractivity contribution in [3.63, 3.8) is 0 Å². The van der Waals surface area contributed by atoms with Gasteiger partial charge in [0.1, 0.15) is 12.2 Å². The molecule has 0 radical (unpaired) electrons. The van der Waals surface area contributed by atoms with Crippen molar-refractivity contribution in [3.05, 3.63) is 53.7 Å². The molecule has 2 heterocycles. The number of rotatable bonds is 5.